The summed E-state index contributed by atoms with van der Waals surface area (Å²) in [6, 6.07) is 4.90. The molecule has 1 aromatic carbocycles. The summed E-state index contributed by atoms with van der Waals surface area (Å²) >= 11 is 0. The number of ether oxygens (including phenoxy) is 2. The van der Waals surface area contributed by atoms with Crippen LogP contribution in [0.1, 0.15) is 31.7 Å². The van der Waals surface area contributed by atoms with E-state index in [1.165, 1.54) is 12.1 Å². The standard InChI is InChI=1S/C19H22F4O4/c1-3-5-15(21)27-18(25)19(16(22)23,17(24)26-12-4-2)11-10-13-6-8-14(20)9-7-13/h4,6-9,15-16H,2-3,5,10-12H2,1H3. The molecule has 0 heterocycles. The molecule has 2 unspecified atom stereocenters. The van der Waals surface area contributed by atoms with Gasteiger partial charge in [-0.05, 0) is 37.0 Å². The van der Waals surface area contributed by atoms with Gasteiger partial charge in [-0.15, -0.1) is 0 Å². The molecule has 0 amide bonds. The number of alkyl halides is 3. The van der Waals surface area contributed by atoms with Gasteiger partial charge in [0.25, 0.3) is 6.43 Å². The Balaban J connectivity index is 3.13. The molecule has 27 heavy (non-hydrogen) atoms. The van der Waals surface area contributed by atoms with Crippen molar-refractivity contribution in [3.63, 3.8) is 0 Å². The largest absolute Gasteiger partial charge is 0.460 e. The van der Waals surface area contributed by atoms with Crippen molar-refractivity contribution in [2.24, 2.45) is 5.41 Å². The zero-order valence-corrected chi connectivity index (χ0v) is 14.9. The van der Waals surface area contributed by atoms with Gasteiger partial charge in [0.05, 0.1) is 0 Å². The van der Waals surface area contributed by atoms with Crippen LogP contribution in [0.15, 0.2) is 36.9 Å². The Morgan fingerprint density at radius 3 is 2.33 bits per heavy atom. The Morgan fingerprint density at radius 2 is 1.81 bits per heavy atom. The van der Waals surface area contributed by atoms with E-state index in [0.717, 1.165) is 18.2 Å². The van der Waals surface area contributed by atoms with E-state index in [9.17, 15) is 27.2 Å². The number of hydrogen-bond acceptors (Lipinski definition) is 4. The highest BCUT2D eigenvalue weighted by atomic mass is 19.3. The predicted octanol–water partition coefficient (Wildman–Crippen LogP) is 4.38. The Bertz CT molecular complexity index is 633. The fraction of sp³-hybridized carbons (Fsp3) is 0.474. The molecule has 1 rings (SSSR count). The van der Waals surface area contributed by atoms with Crippen LogP contribution in [0.2, 0.25) is 0 Å². The van der Waals surface area contributed by atoms with E-state index >= 15 is 0 Å². The van der Waals surface area contributed by atoms with Crippen molar-refractivity contribution >= 4 is 11.9 Å². The molecule has 0 radical (unpaired) electrons. The number of benzene rings is 1. The summed E-state index contributed by atoms with van der Waals surface area (Å²) in [6.07, 6.45) is -5.20. The van der Waals surface area contributed by atoms with E-state index in [1.54, 1.807) is 6.92 Å². The van der Waals surface area contributed by atoms with Crippen LogP contribution < -0.4 is 0 Å². The van der Waals surface area contributed by atoms with Gasteiger partial charge < -0.3 is 9.47 Å². The molecule has 1 aromatic rings. The quantitative estimate of drug-likeness (QED) is 0.244. The number of halogens is 4. The predicted molar refractivity (Wildman–Crippen MR) is 90.2 cm³/mol. The van der Waals surface area contributed by atoms with Crippen LogP contribution >= 0.6 is 0 Å². The number of carbonyl (C=O) groups is 2. The van der Waals surface area contributed by atoms with E-state index in [2.05, 4.69) is 16.1 Å². The number of esters is 2. The minimum absolute atomic E-state index is 0.173. The van der Waals surface area contributed by atoms with Crippen molar-refractivity contribution in [2.45, 2.75) is 45.4 Å². The second-order valence-electron chi connectivity index (χ2n) is 5.89. The molecule has 0 saturated heterocycles. The molecule has 8 heteroatoms. The lowest BCUT2D eigenvalue weighted by atomic mass is 9.82. The normalized spacial score (nSPS) is 14.3. The summed E-state index contributed by atoms with van der Waals surface area (Å²) in [5.41, 5.74) is -2.58. The van der Waals surface area contributed by atoms with Gasteiger partial charge in [0.2, 0.25) is 11.8 Å². The molecule has 0 saturated carbocycles. The number of hydrogen-bond donors (Lipinski definition) is 0. The van der Waals surface area contributed by atoms with Crippen molar-refractivity contribution in [2.75, 3.05) is 6.61 Å². The van der Waals surface area contributed by atoms with Crippen LogP contribution in [-0.2, 0) is 25.5 Å². The summed E-state index contributed by atoms with van der Waals surface area (Å²) in [7, 11) is 0. The first-order valence-electron chi connectivity index (χ1n) is 8.43. The molecular weight excluding hydrogens is 368 g/mol. The highest BCUT2D eigenvalue weighted by Crippen LogP contribution is 2.36. The maximum atomic E-state index is 13.9. The third kappa shape index (κ3) is 6.08. The van der Waals surface area contributed by atoms with Crippen molar-refractivity contribution in [1.82, 2.24) is 0 Å². The first-order chi connectivity index (χ1) is 12.8. The molecule has 0 aliphatic rings. The van der Waals surface area contributed by atoms with Crippen molar-refractivity contribution < 1.29 is 36.6 Å². The maximum Gasteiger partial charge on any atom is 0.332 e. The Morgan fingerprint density at radius 1 is 1.19 bits per heavy atom. The second-order valence-corrected chi connectivity index (χ2v) is 5.89. The molecule has 0 N–H and O–H groups in total. The lowest BCUT2D eigenvalue weighted by Gasteiger charge is -2.29. The second kappa shape index (κ2) is 10.7. The summed E-state index contributed by atoms with van der Waals surface area (Å²) in [5, 5.41) is 0. The fourth-order valence-electron chi connectivity index (χ4n) is 2.34. The van der Waals surface area contributed by atoms with Gasteiger partial charge in [-0.2, -0.15) is 0 Å². The molecule has 2 atom stereocenters. The van der Waals surface area contributed by atoms with Gasteiger partial charge in [-0.1, -0.05) is 31.7 Å². The highest BCUT2D eigenvalue weighted by Gasteiger charge is 2.57. The van der Waals surface area contributed by atoms with Gasteiger partial charge in [0.1, 0.15) is 12.4 Å². The maximum absolute atomic E-state index is 13.9. The van der Waals surface area contributed by atoms with Crippen LogP contribution in [-0.4, -0.2) is 31.3 Å². The average Bonchev–Trinajstić information content (AvgIpc) is 2.61. The van der Waals surface area contributed by atoms with E-state index in [4.69, 9.17) is 0 Å². The van der Waals surface area contributed by atoms with Crippen LogP contribution in [0.4, 0.5) is 17.6 Å². The zero-order chi connectivity index (χ0) is 20.4. The number of aryl methyl sites for hydroxylation is 1. The molecule has 150 valence electrons. The highest BCUT2D eigenvalue weighted by molar-refractivity contribution is 6.00. The van der Waals surface area contributed by atoms with Gasteiger partial charge in [0.15, 0.2) is 0 Å². The van der Waals surface area contributed by atoms with Crippen LogP contribution in [0.25, 0.3) is 0 Å². The molecular formula is C19H22F4O4. The van der Waals surface area contributed by atoms with Gasteiger partial charge in [0, 0.05) is 6.42 Å². The molecule has 0 aliphatic carbocycles. The lowest BCUT2D eigenvalue weighted by molar-refractivity contribution is -0.193. The first-order valence-corrected chi connectivity index (χ1v) is 8.43. The zero-order valence-electron chi connectivity index (χ0n) is 14.9. The van der Waals surface area contributed by atoms with E-state index in [-0.39, 0.29) is 12.8 Å². The Hall–Kier alpha value is -2.38. The topological polar surface area (TPSA) is 52.6 Å². The minimum atomic E-state index is -3.49. The summed E-state index contributed by atoms with van der Waals surface area (Å²) in [6.45, 7) is 4.52. The third-order valence-corrected chi connectivity index (χ3v) is 3.91. The summed E-state index contributed by atoms with van der Waals surface area (Å²) in [4.78, 5) is 24.6. The van der Waals surface area contributed by atoms with Crippen molar-refractivity contribution in [3.8, 4) is 0 Å². The third-order valence-electron chi connectivity index (χ3n) is 3.91. The lowest BCUT2D eigenvalue weighted by Crippen LogP contribution is -2.49. The molecule has 4 nitrogen and oxygen atoms in total. The van der Waals surface area contributed by atoms with E-state index < -0.39 is 49.0 Å². The fourth-order valence-corrected chi connectivity index (χ4v) is 2.34. The average molecular weight is 390 g/mol. The van der Waals surface area contributed by atoms with Crippen LogP contribution in [0, 0.1) is 11.2 Å². The van der Waals surface area contributed by atoms with Gasteiger partial charge >= 0.3 is 11.9 Å². The Labute approximate surface area is 155 Å². The van der Waals surface area contributed by atoms with Crippen molar-refractivity contribution in [1.29, 1.82) is 0 Å². The first kappa shape index (κ1) is 22.7. The molecule has 0 spiro atoms. The molecule has 0 bridgehead atoms. The monoisotopic (exact) mass is 390 g/mol. The van der Waals surface area contributed by atoms with Crippen LogP contribution in [0.5, 0.6) is 0 Å². The molecule has 0 aliphatic heterocycles. The smallest absolute Gasteiger partial charge is 0.332 e. The Kier molecular flexibility index (Phi) is 8.97. The summed E-state index contributed by atoms with van der Waals surface area (Å²) in [5.74, 6) is -3.73. The minimum Gasteiger partial charge on any atom is -0.460 e. The van der Waals surface area contributed by atoms with Gasteiger partial charge in [-0.3, -0.25) is 9.59 Å². The molecule has 0 fully saturated rings. The van der Waals surface area contributed by atoms with Crippen molar-refractivity contribution in [3.05, 3.63) is 48.3 Å². The van der Waals surface area contributed by atoms with E-state index in [0.29, 0.717) is 12.0 Å². The van der Waals surface area contributed by atoms with Crippen LogP contribution in [0.3, 0.4) is 0 Å². The number of carbonyl (C=O) groups excluding carboxylic acids is 2. The number of rotatable bonds is 11. The summed E-state index contributed by atoms with van der Waals surface area (Å²) < 4.78 is 63.5. The van der Waals surface area contributed by atoms with E-state index in [1.807, 2.05) is 0 Å². The molecule has 0 aromatic heterocycles. The van der Waals surface area contributed by atoms with Gasteiger partial charge in [-0.25, -0.2) is 17.6 Å². The SMILES string of the molecule is C=CCOC(=O)C(CCc1ccc(F)cc1)(C(=O)OC(F)CCC)C(F)F.